The molecule has 2 aromatic rings. The summed E-state index contributed by atoms with van der Waals surface area (Å²) in [6.07, 6.45) is 3.33. The van der Waals surface area contributed by atoms with Gasteiger partial charge in [-0.05, 0) is 49.6 Å². The zero-order valence-electron chi connectivity index (χ0n) is 13.9. The third kappa shape index (κ3) is 2.58. The van der Waals surface area contributed by atoms with Crippen LogP contribution in [0.15, 0.2) is 53.0 Å². The molecule has 0 saturated carbocycles. The molecule has 2 aromatic carbocycles. The molecule has 4 rings (SSSR count). The first-order valence-corrected chi connectivity index (χ1v) is 9.33. The van der Waals surface area contributed by atoms with E-state index in [-0.39, 0.29) is 0 Å². The lowest BCUT2D eigenvalue weighted by atomic mass is 10.0. The van der Waals surface area contributed by atoms with Crippen molar-refractivity contribution >= 4 is 27.5 Å². The number of rotatable bonds is 2. The number of nitrogens with zero attached hydrogens (tertiary/aromatic N) is 2. The van der Waals surface area contributed by atoms with Crippen LogP contribution >= 0.6 is 15.9 Å². The Kier molecular flexibility index (Phi) is 3.97. The molecule has 0 aliphatic carbocycles. The van der Waals surface area contributed by atoms with Crippen LogP contribution in [-0.2, 0) is 5.72 Å². The van der Waals surface area contributed by atoms with Crippen LogP contribution in [-0.4, -0.2) is 28.6 Å². The molecule has 3 nitrogen and oxygen atoms in total. The van der Waals surface area contributed by atoms with Gasteiger partial charge in [-0.2, -0.15) is 0 Å². The molecule has 0 radical (unpaired) electrons. The van der Waals surface area contributed by atoms with Crippen LogP contribution in [0.5, 0.6) is 0 Å². The fourth-order valence-electron chi connectivity index (χ4n) is 3.89. The Morgan fingerprint density at radius 1 is 1.12 bits per heavy atom. The Morgan fingerprint density at radius 3 is 2.67 bits per heavy atom. The second-order valence-electron chi connectivity index (χ2n) is 6.77. The number of benzene rings is 2. The predicted molar refractivity (Wildman–Crippen MR) is 101 cm³/mol. The normalized spacial score (nSPS) is 23.5. The summed E-state index contributed by atoms with van der Waals surface area (Å²) in [4.78, 5) is 2.30. The molecular formula is C20H22BrN2O+. The van der Waals surface area contributed by atoms with Crippen LogP contribution in [0.4, 0.5) is 5.69 Å². The van der Waals surface area contributed by atoms with Crippen LogP contribution in [0.2, 0.25) is 0 Å². The highest BCUT2D eigenvalue weighted by Gasteiger charge is 2.52. The molecule has 0 amide bonds. The number of halogens is 1. The number of anilines is 1. The van der Waals surface area contributed by atoms with E-state index in [4.69, 9.17) is 0 Å². The lowest BCUT2D eigenvalue weighted by molar-refractivity contribution is -0.661. The van der Waals surface area contributed by atoms with Gasteiger partial charge in [-0.3, -0.25) is 0 Å². The van der Waals surface area contributed by atoms with Gasteiger partial charge < -0.3 is 5.11 Å². The number of hydrogen-bond acceptors (Lipinski definition) is 2. The zero-order valence-corrected chi connectivity index (χ0v) is 15.5. The smallest absolute Gasteiger partial charge is 0.271 e. The number of aliphatic hydroxyl groups is 1. The summed E-state index contributed by atoms with van der Waals surface area (Å²) >= 11 is 3.49. The predicted octanol–water partition coefficient (Wildman–Crippen LogP) is 4.02. The van der Waals surface area contributed by atoms with E-state index in [1.165, 1.54) is 23.5 Å². The van der Waals surface area contributed by atoms with E-state index >= 15 is 0 Å². The van der Waals surface area contributed by atoms with Gasteiger partial charge in [0.25, 0.3) is 11.6 Å². The first-order valence-electron chi connectivity index (χ1n) is 8.54. The van der Waals surface area contributed by atoms with Crippen molar-refractivity contribution in [1.82, 2.24) is 0 Å². The molecule has 2 aliphatic heterocycles. The molecule has 2 heterocycles. The second-order valence-corrected chi connectivity index (χ2v) is 7.69. The van der Waals surface area contributed by atoms with Crippen LogP contribution in [0, 0.1) is 6.92 Å². The highest BCUT2D eigenvalue weighted by Crippen LogP contribution is 2.36. The summed E-state index contributed by atoms with van der Waals surface area (Å²) in [5.41, 5.74) is 2.42. The van der Waals surface area contributed by atoms with Gasteiger partial charge in [0.15, 0.2) is 6.54 Å². The van der Waals surface area contributed by atoms with E-state index in [0.29, 0.717) is 6.54 Å². The minimum Gasteiger partial charge on any atom is -0.346 e. The van der Waals surface area contributed by atoms with E-state index in [2.05, 4.69) is 56.6 Å². The summed E-state index contributed by atoms with van der Waals surface area (Å²) in [5.74, 6) is 1.25. The maximum Gasteiger partial charge on any atom is 0.271 e. The zero-order chi connectivity index (χ0) is 16.7. The molecule has 0 aromatic heterocycles. The van der Waals surface area contributed by atoms with E-state index in [1.54, 1.807) is 0 Å². The van der Waals surface area contributed by atoms with Crippen molar-refractivity contribution in [2.75, 3.05) is 18.0 Å². The van der Waals surface area contributed by atoms with Crippen LogP contribution in [0.1, 0.15) is 30.4 Å². The number of aryl methyl sites for hydroxylation is 1. The minimum absolute atomic E-state index is 0.577. The molecule has 0 saturated heterocycles. The van der Waals surface area contributed by atoms with E-state index in [9.17, 15) is 5.11 Å². The average Bonchev–Trinajstić information content (AvgIpc) is 2.90. The molecule has 1 unspecified atom stereocenters. The van der Waals surface area contributed by atoms with Crippen LogP contribution in [0.3, 0.4) is 0 Å². The van der Waals surface area contributed by atoms with Gasteiger partial charge in [0.2, 0.25) is 0 Å². The third-order valence-electron chi connectivity index (χ3n) is 5.10. The molecule has 1 atom stereocenters. The average molecular weight is 386 g/mol. The van der Waals surface area contributed by atoms with Crippen LogP contribution < -0.4 is 4.90 Å². The Hall–Kier alpha value is -1.65. The molecule has 124 valence electrons. The Labute approximate surface area is 151 Å². The molecule has 4 heteroatoms. The van der Waals surface area contributed by atoms with Gasteiger partial charge >= 0.3 is 0 Å². The summed E-state index contributed by atoms with van der Waals surface area (Å²) in [6, 6.07) is 16.6. The minimum atomic E-state index is -0.958. The quantitative estimate of drug-likeness (QED) is 0.790. The lowest BCUT2D eigenvalue weighted by Gasteiger charge is -2.24. The largest absolute Gasteiger partial charge is 0.346 e. The Morgan fingerprint density at radius 2 is 1.92 bits per heavy atom. The van der Waals surface area contributed by atoms with Gasteiger partial charge in [-0.15, -0.1) is 0 Å². The van der Waals surface area contributed by atoms with Gasteiger partial charge in [-0.1, -0.05) is 40.2 Å². The summed E-state index contributed by atoms with van der Waals surface area (Å²) in [6.45, 7) is 3.60. The molecular weight excluding hydrogens is 364 g/mol. The standard InChI is InChI=1S/C20H22BrN2O/c1-15-5-4-6-18(13-15)22-14-20(24,16-8-10-17(21)11-9-16)23-12-3-2-7-19(22)23/h4-6,8-11,13,24H,2-3,7,12,14H2,1H3/q+1. The molecule has 24 heavy (non-hydrogen) atoms. The number of amidine groups is 1. The lowest BCUT2D eigenvalue weighted by Crippen LogP contribution is -2.41. The van der Waals surface area contributed by atoms with Crippen molar-refractivity contribution in [3.05, 3.63) is 64.1 Å². The number of hydrogen-bond donors (Lipinski definition) is 1. The topological polar surface area (TPSA) is 26.5 Å². The fourth-order valence-corrected chi connectivity index (χ4v) is 4.16. The van der Waals surface area contributed by atoms with Crippen molar-refractivity contribution < 1.29 is 9.68 Å². The van der Waals surface area contributed by atoms with Crippen molar-refractivity contribution in [2.24, 2.45) is 0 Å². The van der Waals surface area contributed by atoms with E-state index < -0.39 is 5.72 Å². The first-order chi connectivity index (χ1) is 11.6. The first kappa shape index (κ1) is 15.9. The van der Waals surface area contributed by atoms with E-state index in [0.717, 1.165) is 29.4 Å². The summed E-state index contributed by atoms with van der Waals surface area (Å²) in [5, 5.41) is 11.6. The maximum absolute atomic E-state index is 11.6. The third-order valence-corrected chi connectivity index (χ3v) is 5.63. The van der Waals surface area contributed by atoms with Crippen molar-refractivity contribution in [2.45, 2.75) is 31.9 Å². The molecule has 2 aliphatic rings. The SMILES string of the molecule is Cc1cccc(N2CC(O)(c3ccc(Br)cc3)[N+]3=C2CCCC3)c1. The molecule has 1 N–H and O–H groups in total. The number of β-amino-alcohol motifs (C(OH)–C–C–N with tert-alkyl or cyclic N) is 1. The maximum atomic E-state index is 11.6. The van der Waals surface area contributed by atoms with Crippen molar-refractivity contribution in [3.8, 4) is 0 Å². The van der Waals surface area contributed by atoms with E-state index in [1.807, 2.05) is 24.3 Å². The molecule has 0 spiro atoms. The highest BCUT2D eigenvalue weighted by atomic mass is 79.9. The van der Waals surface area contributed by atoms with Crippen LogP contribution in [0.25, 0.3) is 0 Å². The van der Waals surface area contributed by atoms with Crippen molar-refractivity contribution in [1.29, 1.82) is 0 Å². The summed E-state index contributed by atoms with van der Waals surface area (Å²) < 4.78 is 3.24. The highest BCUT2D eigenvalue weighted by molar-refractivity contribution is 9.10. The van der Waals surface area contributed by atoms with Crippen molar-refractivity contribution in [3.63, 3.8) is 0 Å². The van der Waals surface area contributed by atoms with Gasteiger partial charge in [0, 0.05) is 16.5 Å². The molecule has 0 bridgehead atoms. The van der Waals surface area contributed by atoms with Gasteiger partial charge in [0.05, 0.1) is 6.54 Å². The fraction of sp³-hybridized carbons (Fsp3) is 0.350. The monoisotopic (exact) mass is 385 g/mol. The second kappa shape index (κ2) is 6.01. The Bertz CT molecular complexity index is 800. The van der Waals surface area contributed by atoms with Gasteiger partial charge in [-0.25, -0.2) is 9.48 Å². The summed E-state index contributed by atoms with van der Waals surface area (Å²) in [7, 11) is 0. The Balaban J connectivity index is 1.80. The van der Waals surface area contributed by atoms with Gasteiger partial charge in [0.1, 0.15) is 5.69 Å². The molecule has 0 fully saturated rings.